The third kappa shape index (κ3) is 10.9. The lowest BCUT2D eigenvalue weighted by molar-refractivity contribution is -0.171. The summed E-state index contributed by atoms with van der Waals surface area (Å²) in [5, 5.41) is 0. The normalized spacial score (nSPS) is 11.6. The molecule has 266 valence electrons. The zero-order chi connectivity index (χ0) is 34.4. The predicted octanol–water partition coefficient (Wildman–Crippen LogP) is 11.3. The molecule has 0 unspecified atom stereocenters. The maximum atomic E-state index is 5.64. The van der Waals surface area contributed by atoms with E-state index in [-0.39, 0.29) is 40.8 Å². The van der Waals surface area contributed by atoms with Gasteiger partial charge in [-0.3, -0.25) is 0 Å². The van der Waals surface area contributed by atoms with E-state index >= 15 is 0 Å². The Bertz CT molecular complexity index is 1710. The van der Waals surface area contributed by atoms with Gasteiger partial charge in [0.15, 0.2) is 13.6 Å². The van der Waals surface area contributed by atoms with E-state index in [0.717, 1.165) is 9.75 Å². The van der Waals surface area contributed by atoms with Gasteiger partial charge in [0.1, 0.15) is 27.2 Å². The fraction of sp³-hybridized carbons (Fsp3) is 0.333. The molecule has 0 aliphatic rings. The van der Waals surface area contributed by atoms with Crippen molar-refractivity contribution in [1.82, 2.24) is 0 Å². The average Bonchev–Trinajstić information content (AvgIpc) is 3.98. The molecule has 50 heavy (non-hydrogen) atoms. The molecule has 8 nitrogen and oxygen atoms in total. The summed E-state index contributed by atoms with van der Waals surface area (Å²) >= 11 is 10.8. The maximum Gasteiger partial charge on any atom is 0.152 e. The maximum absolute atomic E-state index is 5.64. The summed E-state index contributed by atoms with van der Waals surface area (Å²) in [7, 11) is 0. The van der Waals surface area contributed by atoms with Crippen LogP contribution in [0, 0.1) is 0 Å². The molecule has 0 bridgehead atoms. The Kier molecular flexibility index (Phi) is 15.2. The second kappa shape index (κ2) is 20.2. The monoisotopic (exact) mass is 790 g/mol. The topological polar surface area (TPSA) is 73.8 Å². The van der Waals surface area contributed by atoms with Crippen LogP contribution >= 0.6 is 68.0 Å². The highest BCUT2D eigenvalue weighted by molar-refractivity contribution is 7.30. The van der Waals surface area contributed by atoms with Crippen LogP contribution < -0.4 is 0 Å². The Morgan fingerprint density at radius 2 is 0.540 bits per heavy atom. The van der Waals surface area contributed by atoms with Crippen molar-refractivity contribution in [3.05, 3.63) is 82.6 Å². The SMILES string of the molecule is CCOCOCOCOCc1ccc(-c2ccc(-c3ccc(-c4ccc(-c5ccc(-c6ccc(COCOCOCOCC)s6)s5)s4)s3)s2)s1. The summed E-state index contributed by atoms with van der Waals surface area (Å²) in [5.74, 6) is 0. The molecule has 0 radical (unpaired) electrons. The van der Waals surface area contributed by atoms with Gasteiger partial charge in [0.05, 0.1) is 13.2 Å². The molecule has 0 fully saturated rings. The van der Waals surface area contributed by atoms with Crippen LogP contribution in [-0.2, 0) is 51.1 Å². The van der Waals surface area contributed by atoms with Crippen LogP contribution in [0.15, 0.2) is 72.8 Å². The smallest absolute Gasteiger partial charge is 0.152 e. The van der Waals surface area contributed by atoms with Gasteiger partial charge in [0, 0.05) is 71.7 Å². The van der Waals surface area contributed by atoms with E-state index in [2.05, 4.69) is 72.8 Å². The van der Waals surface area contributed by atoms with Crippen LogP contribution in [0.4, 0.5) is 0 Å². The Balaban J connectivity index is 0.978. The first-order chi connectivity index (χ1) is 24.7. The molecule has 0 aliphatic carbocycles. The van der Waals surface area contributed by atoms with E-state index in [1.807, 2.05) is 59.2 Å². The van der Waals surface area contributed by atoms with Gasteiger partial charge < -0.3 is 37.9 Å². The molecule has 0 amide bonds. The van der Waals surface area contributed by atoms with Crippen molar-refractivity contribution in [2.75, 3.05) is 54.0 Å². The average molecular weight is 791 g/mol. The molecule has 14 heteroatoms. The molecular weight excluding hydrogens is 753 g/mol. The van der Waals surface area contributed by atoms with Gasteiger partial charge >= 0.3 is 0 Å². The number of rotatable bonds is 23. The Morgan fingerprint density at radius 1 is 0.300 bits per heavy atom. The summed E-state index contributed by atoms with van der Waals surface area (Å²) in [4.78, 5) is 15.0. The molecule has 0 atom stereocenters. The van der Waals surface area contributed by atoms with E-state index in [1.165, 1.54) is 48.8 Å². The van der Waals surface area contributed by atoms with Gasteiger partial charge in [-0.25, -0.2) is 0 Å². The number of ether oxygens (including phenoxy) is 8. The van der Waals surface area contributed by atoms with Crippen LogP contribution in [-0.4, -0.2) is 54.0 Å². The molecule has 6 aromatic heterocycles. The first kappa shape index (κ1) is 37.6. The van der Waals surface area contributed by atoms with Crippen molar-refractivity contribution >= 4 is 68.0 Å². The van der Waals surface area contributed by atoms with E-state index in [9.17, 15) is 0 Å². The summed E-state index contributed by atoms with van der Waals surface area (Å²) < 4.78 is 42.5. The fourth-order valence-corrected chi connectivity index (χ4v) is 10.9. The van der Waals surface area contributed by atoms with Crippen molar-refractivity contribution in [2.24, 2.45) is 0 Å². The number of thiophene rings is 6. The molecule has 6 aromatic rings. The molecule has 0 spiro atoms. The lowest BCUT2D eigenvalue weighted by atomic mass is 10.3. The van der Waals surface area contributed by atoms with Crippen molar-refractivity contribution in [2.45, 2.75) is 27.1 Å². The second-order valence-corrected chi connectivity index (χ2v) is 17.1. The standard InChI is InChI=1S/C36H38O8S6/c1-3-37-19-41-23-43-21-39-17-25-5-7-27(45-25)29-9-11-31(47-29)33-13-15-35(49-33)36-16-14-34(50-36)32-12-10-30(48-32)28-8-6-26(46-28)18-40-22-44-24-42-20-38-4-2/h5-16H,3-4,17-24H2,1-2H3. The lowest BCUT2D eigenvalue weighted by Gasteiger charge is -2.05. The van der Waals surface area contributed by atoms with Gasteiger partial charge in [-0.05, 0) is 86.6 Å². The van der Waals surface area contributed by atoms with Crippen molar-refractivity contribution in [1.29, 1.82) is 0 Å². The lowest BCUT2D eigenvalue weighted by Crippen LogP contribution is -2.06. The molecule has 0 N–H and O–H groups in total. The molecule has 0 aromatic carbocycles. The largest absolute Gasteiger partial charge is 0.356 e. The number of hydrogen-bond donors (Lipinski definition) is 0. The minimum atomic E-state index is 0.154. The summed E-state index contributed by atoms with van der Waals surface area (Å²) in [6.07, 6.45) is 0. The zero-order valence-corrected chi connectivity index (χ0v) is 32.6. The van der Waals surface area contributed by atoms with Crippen LogP contribution in [0.2, 0.25) is 0 Å². The Hall–Kier alpha value is -2.12. The van der Waals surface area contributed by atoms with E-state index < -0.39 is 0 Å². The van der Waals surface area contributed by atoms with Crippen LogP contribution in [0.5, 0.6) is 0 Å². The van der Waals surface area contributed by atoms with E-state index in [1.54, 1.807) is 22.7 Å². The van der Waals surface area contributed by atoms with Gasteiger partial charge in [0.2, 0.25) is 0 Å². The molecule has 0 saturated carbocycles. The summed E-state index contributed by atoms with van der Waals surface area (Å²) in [6.45, 7) is 7.22. The third-order valence-electron chi connectivity index (χ3n) is 6.86. The summed E-state index contributed by atoms with van der Waals surface area (Å²) in [5.41, 5.74) is 0. The van der Waals surface area contributed by atoms with Crippen LogP contribution in [0.25, 0.3) is 48.8 Å². The predicted molar refractivity (Wildman–Crippen MR) is 207 cm³/mol. The second-order valence-electron chi connectivity index (χ2n) is 10.4. The van der Waals surface area contributed by atoms with E-state index in [4.69, 9.17) is 37.9 Å². The highest BCUT2D eigenvalue weighted by Gasteiger charge is 2.14. The van der Waals surface area contributed by atoms with Crippen molar-refractivity contribution in [3.63, 3.8) is 0 Å². The molecule has 6 rings (SSSR count). The number of hydrogen-bond acceptors (Lipinski definition) is 14. The van der Waals surface area contributed by atoms with Crippen LogP contribution in [0.1, 0.15) is 23.6 Å². The highest BCUT2D eigenvalue weighted by Crippen LogP contribution is 2.46. The zero-order valence-electron chi connectivity index (χ0n) is 27.7. The van der Waals surface area contributed by atoms with Crippen molar-refractivity contribution in [3.8, 4) is 48.8 Å². The quantitative estimate of drug-likeness (QED) is 0.0469. The highest BCUT2D eigenvalue weighted by atomic mass is 32.1. The minimum Gasteiger partial charge on any atom is -0.356 e. The minimum absolute atomic E-state index is 0.154. The first-order valence-corrected chi connectivity index (χ1v) is 20.8. The molecule has 0 saturated heterocycles. The third-order valence-corrected chi connectivity index (χ3v) is 14.3. The van der Waals surface area contributed by atoms with E-state index in [0.29, 0.717) is 26.4 Å². The Labute approximate surface area is 316 Å². The van der Waals surface area contributed by atoms with Gasteiger partial charge in [-0.15, -0.1) is 68.0 Å². The van der Waals surface area contributed by atoms with Gasteiger partial charge in [-0.1, -0.05) is 0 Å². The van der Waals surface area contributed by atoms with Gasteiger partial charge in [0.25, 0.3) is 0 Å². The Morgan fingerprint density at radius 3 is 0.840 bits per heavy atom. The van der Waals surface area contributed by atoms with Crippen molar-refractivity contribution < 1.29 is 37.9 Å². The summed E-state index contributed by atoms with van der Waals surface area (Å²) in [6, 6.07) is 26.4. The molecule has 6 heterocycles. The first-order valence-electron chi connectivity index (χ1n) is 15.9. The molecule has 0 aliphatic heterocycles. The fourth-order valence-electron chi connectivity index (χ4n) is 4.53. The van der Waals surface area contributed by atoms with Crippen LogP contribution in [0.3, 0.4) is 0 Å². The molecular formula is C36H38O8S6. The van der Waals surface area contributed by atoms with Gasteiger partial charge in [-0.2, -0.15) is 0 Å².